The summed E-state index contributed by atoms with van der Waals surface area (Å²) in [5, 5.41) is 2.97. The van der Waals surface area contributed by atoms with Gasteiger partial charge in [0.2, 0.25) is 0 Å². The number of ether oxygens (including phenoxy) is 1. The van der Waals surface area contributed by atoms with E-state index in [1.165, 1.54) is 25.3 Å². The lowest BCUT2D eigenvalue weighted by molar-refractivity contribution is 0.386. The molecule has 0 fully saturated rings. The van der Waals surface area contributed by atoms with Crippen LogP contribution in [0.5, 0.6) is 5.75 Å². The molecule has 0 spiro atoms. The molecular weight excluding hydrogens is 248 g/mol. The Kier molecular flexibility index (Phi) is 4.12. The molecule has 0 aliphatic heterocycles. The second-order valence-corrected chi connectivity index (χ2v) is 4.18. The third-order valence-electron chi connectivity index (χ3n) is 2.90. The monoisotopic (exact) mass is 263 g/mol. The van der Waals surface area contributed by atoms with Crippen LogP contribution in [0.4, 0.5) is 8.78 Å². The van der Waals surface area contributed by atoms with E-state index in [2.05, 4.69) is 5.32 Å². The van der Waals surface area contributed by atoms with Crippen LogP contribution in [0, 0.1) is 11.6 Å². The zero-order valence-electron chi connectivity index (χ0n) is 10.8. The summed E-state index contributed by atoms with van der Waals surface area (Å²) < 4.78 is 31.9. The van der Waals surface area contributed by atoms with E-state index in [0.717, 1.165) is 11.1 Å². The molecule has 0 aliphatic carbocycles. The number of benzene rings is 2. The van der Waals surface area contributed by atoms with Crippen LogP contribution in [-0.4, -0.2) is 14.2 Å². The Hall–Kier alpha value is -1.94. The van der Waals surface area contributed by atoms with Gasteiger partial charge in [-0.05, 0) is 48.0 Å². The van der Waals surface area contributed by atoms with Gasteiger partial charge in [-0.2, -0.15) is 0 Å². The lowest BCUT2D eigenvalue weighted by Crippen LogP contribution is -2.06. The van der Waals surface area contributed by atoms with Crippen LogP contribution >= 0.6 is 0 Å². The SMILES string of the molecule is CNCc1cc(F)ccc1-c1ccc(OC)c(F)c1. The third-order valence-corrected chi connectivity index (χ3v) is 2.90. The van der Waals surface area contributed by atoms with Gasteiger partial charge in [-0.1, -0.05) is 12.1 Å². The number of hydrogen-bond acceptors (Lipinski definition) is 2. The molecule has 2 nitrogen and oxygen atoms in total. The average molecular weight is 263 g/mol. The highest BCUT2D eigenvalue weighted by Crippen LogP contribution is 2.28. The fourth-order valence-corrected chi connectivity index (χ4v) is 2.01. The Morgan fingerprint density at radius 2 is 1.89 bits per heavy atom. The maximum atomic E-state index is 13.7. The van der Waals surface area contributed by atoms with Crippen molar-refractivity contribution in [3.8, 4) is 16.9 Å². The van der Waals surface area contributed by atoms with Crippen molar-refractivity contribution in [2.24, 2.45) is 0 Å². The molecule has 0 amide bonds. The number of methoxy groups -OCH3 is 1. The lowest BCUT2D eigenvalue weighted by atomic mass is 9.99. The van der Waals surface area contributed by atoms with Crippen LogP contribution in [-0.2, 0) is 6.54 Å². The molecule has 1 N–H and O–H groups in total. The Labute approximate surface area is 111 Å². The van der Waals surface area contributed by atoms with E-state index in [-0.39, 0.29) is 11.6 Å². The van der Waals surface area contributed by atoms with Gasteiger partial charge in [0, 0.05) is 6.54 Å². The molecule has 0 aromatic heterocycles. The summed E-state index contributed by atoms with van der Waals surface area (Å²) in [6, 6.07) is 9.20. The fourth-order valence-electron chi connectivity index (χ4n) is 2.01. The first-order chi connectivity index (χ1) is 9.15. The van der Waals surface area contributed by atoms with E-state index < -0.39 is 5.82 Å². The van der Waals surface area contributed by atoms with E-state index in [1.54, 1.807) is 25.2 Å². The van der Waals surface area contributed by atoms with Gasteiger partial charge in [0.15, 0.2) is 11.6 Å². The molecule has 100 valence electrons. The molecule has 0 bridgehead atoms. The van der Waals surface area contributed by atoms with Crippen LogP contribution < -0.4 is 10.1 Å². The highest BCUT2D eigenvalue weighted by Gasteiger charge is 2.09. The smallest absolute Gasteiger partial charge is 0.165 e. The van der Waals surface area contributed by atoms with Crippen molar-refractivity contribution in [3.05, 3.63) is 53.6 Å². The Morgan fingerprint density at radius 3 is 2.53 bits per heavy atom. The van der Waals surface area contributed by atoms with Crippen molar-refractivity contribution in [2.75, 3.05) is 14.2 Å². The number of halogens is 2. The van der Waals surface area contributed by atoms with Gasteiger partial charge >= 0.3 is 0 Å². The van der Waals surface area contributed by atoms with E-state index in [1.807, 2.05) is 0 Å². The molecule has 0 unspecified atom stereocenters. The van der Waals surface area contributed by atoms with Crippen molar-refractivity contribution < 1.29 is 13.5 Å². The van der Waals surface area contributed by atoms with Crippen LogP contribution in [0.1, 0.15) is 5.56 Å². The molecule has 0 heterocycles. The Balaban J connectivity index is 2.48. The first-order valence-electron chi connectivity index (χ1n) is 5.92. The van der Waals surface area contributed by atoms with Gasteiger partial charge < -0.3 is 10.1 Å². The summed E-state index contributed by atoms with van der Waals surface area (Å²) in [4.78, 5) is 0. The van der Waals surface area contributed by atoms with Crippen LogP contribution in [0.2, 0.25) is 0 Å². The zero-order chi connectivity index (χ0) is 13.8. The zero-order valence-corrected chi connectivity index (χ0v) is 10.8. The molecule has 0 saturated heterocycles. The van der Waals surface area contributed by atoms with Gasteiger partial charge in [-0.3, -0.25) is 0 Å². The largest absolute Gasteiger partial charge is 0.494 e. The number of nitrogens with one attached hydrogen (secondary N) is 1. The Morgan fingerprint density at radius 1 is 1.11 bits per heavy atom. The second kappa shape index (κ2) is 5.80. The highest BCUT2D eigenvalue weighted by molar-refractivity contribution is 5.68. The summed E-state index contributed by atoms with van der Waals surface area (Å²) in [6.07, 6.45) is 0. The summed E-state index contributed by atoms with van der Waals surface area (Å²) in [7, 11) is 3.20. The molecule has 0 radical (unpaired) electrons. The summed E-state index contributed by atoms with van der Waals surface area (Å²) in [6.45, 7) is 0.515. The number of rotatable bonds is 4. The lowest BCUT2D eigenvalue weighted by Gasteiger charge is -2.11. The van der Waals surface area contributed by atoms with Gasteiger partial charge in [0.25, 0.3) is 0 Å². The van der Waals surface area contributed by atoms with Gasteiger partial charge in [0.1, 0.15) is 5.82 Å². The maximum absolute atomic E-state index is 13.7. The summed E-state index contributed by atoms with van der Waals surface area (Å²) in [5.41, 5.74) is 2.29. The average Bonchev–Trinajstić information content (AvgIpc) is 2.39. The predicted octanol–water partition coefficient (Wildman–Crippen LogP) is 3.36. The van der Waals surface area contributed by atoms with Crippen molar-refractivity contribution >= 4 is 0 Å². The number of hydrogen-bond donors (Lipinski definition) is 1. The standard InChI is InChI=1S/C15H15F2NO/c1-18-9-11-7-12(16)4-5-13(11)10-3-6-15(19-2)14(17)8-10/h3-8,18H,9H2,1-2H3. The van der Waals surface area contributed by atoms with E-state index >= 15 is 0 Å². The van der Waals surface area contributed by atoms with Crippen molar-refractivity contribution in [1.82, 2.24) is 5.32 Å². The van der Waals surface area contributed by atoms with Gasteiger partial charge in [-0.25, -0.2) is 8.78 Å². The quantitative estimate of drug-likeness (QED) is 0.913. The molecule has 2 rings (SSSR count). The van der Waals surface area contributed by atoms with Crippen LogP contribution in [0.3, 0.4) is 0 Å². The van der Waals surface area contributed by atoms with E-state index in [9.17, 15) is 8.78 Å². The minimum absolute atomic E-state index is 0.195. The second-order valence-electron chi connectivity index (χ2n) is 4.18. The summed E-state index contributed by atoms with van der Waals surface area (Å²) >= 11 is 0. The minimum atomic E-state index is -0.431. The van der Waals surface area contributed by atoms with Gasteiger partial charge in [-0.15, -0.1) is 0 Å². The van der Waals surface area contributed by atoms with Crippen molar-refractivity contribution in [2.45, 2.75) is 6.54 Å². The van der Waals surface area contributed by atoms with Crippen LogP contribution in [0.25, 0.3) is 11.1 Å². The molecule has 0 aliphatic rings. The Bertz CT molecular complexity index is 584. The molecule has 0 saturated carbocycles. The summed E-state index contributed by atoms with van der Waals surface area (Å²) in [5.74, 6) is -0.538. The maximum Gasteiger partial charge on any atom is 0.165 e. The van der Waals surface area contributed by atoms with E-state index in [0.29, 0.717) is 12.1 Å². The molecule has 4 heteroatoms. The van der Waals surface area contributed by atoms with E-state index in [4.69, 9.17) is 4.74 Å². The highest BCUT2D eigenvalue weighted by atomic mass is 19.1. The molecular formula is C15H15F2NO. The molecule has 19 heavy (non-hydrogen) atoms. The molecule has 2 aromatic carbocycles. The first-order valence-corrected chi connectivity index (χ1v) is 5.92. The topological polar surface area (TPSA) is 21.3 Å². The third kappa shape index (κ3) is 2.90. The predicted molar refractivity (Wildman–Crippen MR) is 71.1 cm³/mol. The van der Waals surface area contributed by atoms with Crippen molar-refractivity contribution in [1.29, 1.82) is 0 Å². The first kappa shape index (κ1) is 13.5. The van der Waals surface area contributed by atoms with Crippen molar-refractivity contribution in [3.63, 3.8) is 0 Å². The normalized spacial score (nSPS) is 10.5. The van der Waals surface area contributed by atoms with Crippen LogP contribution in [0.15, 0.2) is 36.4 Å². The molecule has 2 aromatic rings. The minimum Gasteiger partial charge on any atom is -0.494 e. The fraction of sp³-hybridized carbons (Fsp3) is 0.200. The molecule has 0 atom stereocenters. The van der Waals surface area contributed by atoms with Gasteiger partial charge in [0.05, 0.1) is 7.11 Å².